The molecule has 8 nitrogen and oxygen atoms in total. The molecule has 0 unspecified atom stereocenters. The summed E-state index contributed by atoms with van der Waals surface area (Å²) in [6.07, 6.45) is 0. The average Bonchev–Trinajstić information content (AvgIpc) is 3.25. The fourth-order valence-electron chi connectivity index (χ4n) is 3.11. The fraction of sp³-hybridized carbons (Fsp3) is 0.400. The first-order chi connectivity index (χ1) is 11.1. The molecule has 0 spiro atoms. The first-order valence-corrected chi connectivity index (χ1v) is 7.42. The van der Waals surface area contributed by atoms with Crippen LogP contribution in [0.4, 0.5) is 0 Å². The van der Waals surface area contributed by atoms with Gasteiger partial charge in [-0.3, -0.25) is 9.59 Å². The quantitative estimate of drug-likeness (QED) is 0.732. The van der Waals surface area contributed by atoms with Crippen LogP contribution in [0.15, 0.2) is 24.3 Å². The highest BCUT2D eigenvalue weighted by Gasteiger charge is 2.45. The van der Waals surface area contributed by atoms with E-state index in [4.69, 9.17) is 4.74 Å². The van der Waals surface area contributed by atoms with Gasteiger partial charge in [-0.2, -0.15) is 4.80 Å². The Morgan fingerprint density at radius 1 is 1.26 bits per heavy atom. The van der Waals surface area contributed by atoms with Crippen molar-refractivity contribution in [1.29, 1.82) is 0 Å². The predicted octanol–water partition coefficient (Wildman–Crippen LogP) is 0.122. The van der Waals surface area contributed by atoms with Gasteiger partial charge < -0.3 is 9.64 Å². The normalized spacial score (nSPS) is 23.0. The van der Waals surface area contributed by atoms with Crippen molar-refractivity contribution in [3.8, 4) is 11.4 Å². The molecule has 0 saturated carbocycles. The molecule has 2 aliphatic rings. The lowest BCUT2D eigenvalue weighted by molar-refractivity contribution is -0.141. The van der Waals surface area contributed by atoms with Gasteiger partial charge in [0, 0.05) is 30.1 Å². The molecule has 1 amide bonds. The molecule has 3 heterocycles. The van der Waals surface area contributed by atoms with Crippen molar-refractivity contribution in [2.75, 3.05) is 19.7 Å². The maximum Gasteiger partial charge on any atom is 0.311 e. The number of hydrogen-bond acceptors (Lipinski definition) is 6. The Kier molecular flexibility index (Phi) is 3.10. The molecule has 0 aliphatic carbocycles. The number of esters is 1. The summed E-state index contributed by atoms with van der Waals surface area (Å²) in [4.78, 5) is 27.3. The molecule has 118 valence electrons. The third kappa shape index (κ3) is 2.36. The van der Waals surface area contributed by atoms with E-state index in [1.807, 2.05) is 0 Å². The molecule has 4 rings (SSSR count). The summed E-state index contributed by atoms with van der Waals surface area (Å²) in [5.41, 5.74) is 1.39. The van der Waals surface area contributed by atoms with Crippen molar-refractivity contribution < 1.29 is 14.3 Å². The second-order valence-corrected chi connectivity index (χ2v) is 5.89. The van der Waals surface area contributed by atoms with Gasteiger partial charge in [0.15, 0.2) is 0 Å². The maximum absolute atomic E-state index is 12.6. The number of carbonyl (C=O) groups excluding carboxylic acids is 2. The number of fused-ring (bicyclic) bond motifs is 1. The average molecular weight is 313 g/mol. The zero-order chi connectivity index (χ0) is 16.0. The van der Waals surface area contributed by atoms with Crippen molar-refractivity contribution in [1.82, 2.24) is 25.1 Å². The third-order valence-electron chi connectivity index (χ3n) is 4.37. The summed E-state index contributed by atoms with van der Waals surface area (Å²) in [5.74, 6) is 0.238. The molecule has 2 fully saturated rings. The summed E-state index contributed by atoms with van der Waals surface area (Å²) in [6.45, 7) is 1.43. The second-order valence-electron chi connectivity index (χ2n) is 5.89. The molecule has 23 heavy (non-hydrogen) atoms. The van der Waals surface area contributed by atoms with E-state index in [1.54, 1.807) is 36.2 Å². The minimum absolute atomic E-state index is 0.0640. The molecule has 1 aromatic heterocycles. The highest BCUT2D eigenvalue weighted by Crippen LogP contribution is 2.31. The van der Waals surface area contributed by atoms with Crippen molar-refractivity contribution >= 4 is 11.9 Å². The Balaban J connectivity index is 1.50. The molecule has 0 N–H and O–H groups in total. The number of rotatable bonds is 2. The molecule has 2 atom stereocenters. The van der Waals surface area contributed by atoms with Crippen LogP contribution in [0.5, 0.6) is 0 Å². The van der Waals surface area contributed by atoms with E-state index >= 15 is 0 Å². The number of aryl methyl sites for hydroxylation is 1. The van der Waals surface area contributed by atoms with Gasteiger partial charge in [-0.1, -0.05) is 12.1 Å². The van der Waals surface area contributed by atoms with Gasteiger partial charge in [0.1, 0.15) is 0 Å². The minimum atomic E-state index is -0.186. The van der Waals surface area contributed by atoms with Crippen LogP contribution in [0.3, 0.4) is 0 Å². The number of aromatic nitrogens is 4. The van der Waals surface area contributed by atoms with E-state index in [-0.39, 0.29) is 23.7 Å². The van der Waals surface area contributed by atoms with Crippen LogP contribution < -0.4 is 0 Å². The van der Waals surface area contributed by atoms with Crippen molar-refractivity contribution in [2.45, 2.75) is 0 Å². The Hall–Kier alpha value is -2.77. The number of nitrogens with zero attached hydrogens (tertiary/aromatic N) is 5. The van der Waals surface area contributed by atoms with Crippen molar-refractivity contribution in [3.05, 3.63) is 29.8 Å². The van der Waals surface area contributed by atoms with Gasteiger partial charge in [0.25, 0.3) is 5.91 Å². The van der Waals surface area contributed by atoms with Gasteiger partial charge in [-0.25, -0.2) is 0 Å². The first-order valence-electron chi connectivity index (χ1n) is 7.42. The van der Waals surface area contributed by atoms with Gasteiger partial charge in [-0.05, 0) is 17.3 Å². The number of likely N-dealkylation sites (tertiary alicyclic amines) is 1. The van der Waals surface area contributed by atoms with Gasteiger partial charge in [0.2, 0.25) is 5.82 Å². The third-order valence-corrected chi connectivity index (χ3v) is 4.37. The maximum atomic E-state index is 12.6. The lowest BCUT2D eigenvalue weighted by Crippen LogP contribution is -2.30. The van der Waals surface area contributed by atoms with Crippen LogP contribution in [-0.2, 0) is 16.6 Å². The van der Waals surface area contributed by atoms with Crippen LogP contribution in [0.2, 0.25) is 0 Å². The number of hydrogen-bond donors (Lipinski definition) is 0. The number of benzene rings is 1. The molecule has 1 aromatic carbocycles. The van der Waals surface area contributed by atoms with E-state index < -0.39 is 0 Å². The molecular formula is C15H15N5O3. The van der Waals surface area contributed by atoms with Gasteiger partial charge >= 0.3 is 5.97 Å². The Morgan fingerprint density at radius 2 is 2.04 bits per heavy atom. The number of cyclic esters (lactones) is 1. The number of tetrazole rings is 1. The van der Waals surface area contributed by atoms with Crippen molar-refractivity contribution in [2.24, 2.45) is 18.9 Å². The first kappa shape index (κ1) is 13.9. The second kappa shape index (κ2) is 5.15. The summed E-state index contributed by atoms with van der Waals surface area (Å²) < 4.78 is 5.02. The Bertz CT molecular complexity index is 770. The zero-order valence-electron chi connectivity index (χ0n) is 12.5. The van der Waals surface area contributed by atoms with E-state index in [0.29, 0.717) is 31.1 Å². The smallest absolute Gasteiger partial charge is 0.311 e. The molecule has 0 radical (unpaired) electrons. The zero-order valence-corrected chi connectivity index (χ0v) is 12.5. The standard InChI is InChI=1S/C15H15N5O3/c1-19-17-13(16-18-19)9-2-4-10(5-3-9)14(21)20-6-11-8-23-15(22)12(11)7-20/h2-5,11-12H,6-8H2,1H3/t11-,12-/m1/s1. The molecular weight excluding hydrogens is 298 g/mol. The van der Waals surface area contributed by atoms with Crippen LogP contribution >= 0.6 is 0 Å². The van der Waals surface area contributed by atoms with Crippen LogP contribution in [0.1, 0.15) is 10.4 Å². The van der Waals surface area contributed by atoms with Crippen LogP contribution in [0.25, 0.3) is 11.4 Å². The SMILES string of the molecule is Cn1nnc(-c2ccc(C(=O)N3C[C@@H]4COC(=O)[C@@H]4C3)cc2)n1. The van der Waals surface area contributed by atoms with E-state index in [0.717, 1.165) is 5.56 Å². The minimum Gasteiger partial charge on any atom is -0.465 e. The van der Waals surface area contributed by atoms with E-state index in [2.05, 4.69) is 15.4 Å². The van der Waals surface area contributed by atoms with E-state index in [1.165, 1.54) is 4.80 Å². The van der Waals surface area contributed by atoms with Crippen LogP contribution in [0, 0.1) is 11.8 Å². The lowest BCUT2D eigenvalue weighted by Gasteiger charge is -2.17. The van der Waals surface area contributed by atoms with Crippen molar-refractivity contribution in [3.63, 3.8) is 0 Å². The van der Waals surface area contributed by atoms with E-state index in [9.17, 15) is 9.59 Å². The van der Waals surface area contributed by atoms with Crippen LogP contribution in [-0.4, -0.2) is 56.7 Å². The highest BCUT2D eigenvalue weighted by molar-refractivity contribution is 5.95. The number of amides is 1. The number of ether oxygens (including phenoxy) is 1. The topological polar surface area (TPSA) is 90.2 Å². The largest absolute Gasteiger partial charge is 0.465 e. The molecule has 2 aromatic rings. The molecule has 8 heteroatoms. The lowest BCUT2D eigenvalue weighted by atomic mass is 10.0. The fourth-order valence-corrected chi connectivity index (χ4v) is 3.11. The summed E-state index contributed by atoms with van der Waals surface area (Å²) in [6, 6.07) is 7.10. The molecule has 0 bridgehead atoms. The summed E-state index contributed by atoms with van der Waals surface area (Å²) in [7, 11) is 1.70. The monoisotopic (exact) mass is 313 g/mol. The molecule has 2 aliphatic heterocycles. The van der Waals surface area contributed by atoms with Gasteiger partial charge in [-0.15, -0.1) is 10.2 Å². The van der Waals surface area contributed by atoms with Gasteiger partial charge in [0.05, 0.1) is 19.6 Å². The summed E-state index contributed by atoms with van der Waals surface area (Å²) in [5, 5.41) is 11.9. The summed E-state index contributed by atoms with van der Waals surface area (Å²) >= 11 is 0. The highest BCUT2D eigenvalue weighted by atomic mass is 16.5. The Morgan fingerprint density at radius 3 is 2.70 bits per heavy atom. The molecule has 2 saturated heterocycles. The Labute approximate surface area is 132 Å². The number of carbonyl (C=O) groups is 2. The predicted molar refractivity (Wildman–Crippen MR) is 78.1 cm³/mol.